The smallest absolute Gasteiger partial charge is 0.315 e. The van der Waals surface area contributed by atoms with Gasteiger partial charge in [0, 0.05) is 28.8 Å². The number of carbonyl (C=O) groups excluding carboxylic acids is 4. The number of aryl methyl sites for hydroxylation is 2. The van der Waals surface area contributed by atoms with Gasteiger partial charge in [-0.15, -0.1) is 0 Å². The second-order valence-corrected chi connectivity index (χ2v) is 19.6. The number of urea groups is 1. The molecule has 5 unspecified atom stereocenters. The zero-order valence-corrected chi connectivity index (χ0v) is 32.9. The van der Waals surface area contributed by atoms with Gasteiger partial charge in [0.05, 0.1) is 22.5 Å². The number of pyridine rings is 1. The Morgan fingerprint density at radius 1 is 1.04 bits per heavy atom. The van der Waals surface area contributed by atoms with Gasteiger partial charge >= 0.3 is 6.03 Å². The Labute approximate surface area is 317 Å². The molecular formula is C40H54N6O7S. The van der Waals surface area contributed by atoms with Crippen LogP contribution in [0.25, 0.3) is 10.9 Å². The van der Waals surface area contributed by atoms with Gasteiger partial charge < -0.3 is 25.6 Å². The van der Waals surface area contributed by atoms with Crippen molar-refractivity contribution in [2.75, 3.05) is 6.54 Å². The van der Waals surface area contributed by atoms with Gasteiger partial charge in [-0.1, -0.05) is 43.2 Å². The number of benzene rings is 1. The summed E-state index contributed by atoms with van der Waals surface area (Å²) in [5.41, 5.74) is -0.381. The fraction of sp³-hybridized carbons (Fsp3) is 0.625. The number of nitrogens with zero attached hydrogens (tertiary/aromatic N) is 2. The number of rotatable bonds is 4. The van der Waals surface area contributed by atoms with Crippen LogP contribution in [0.5, 0.6) is 5.75 Å². The predicted molar refractivity (Wildman–Crippen MR) is 204 cm³/mol. The average Bonchev–Trinajstić information content (AvgIpc) is 3.76. The van der Waals surface area contributed by atoms with Crippen LogP contribution in [0.3, 0.4) is 0 Å². The van der Waals surface area contributed by atoms with Crippen LogP contribution in [-0.2, 0) is 30.8 Å². The molecule has 2 aromatic rings. The van der Waals surface area contributed by atoms with E-state index in [4.69, 9.17) is 9.72 Å². The highest BCUT2D eigenvalue weighted by atomic mass is 32.2. The van der Waals surface area contributed by atoms with E-state index in [1.807, 2.05) is 64.1 Å². The number of nitrogens with one attached hydrogen (secondary N) is 4. The van der Waals surface area contributed by atoms with E-state index in [1.54, 1.807) is 6.92 Å². The molecule has 5 aliphatic rings. The molecule has 1 saturated heterocycles. The van der Waals surface area contributed by atoms with Gasteiger partial charge in [0.2, 0.25) is 21.8 Å². The summed E-state index contributed by atoms with van der Waals surface area (Å²) in [6, 6.07) is 5.45. The Bertz CT molecular complexity index is 2010. The molecule has 5 amide bonds. The summed E-state index contributed by atoms with van der Waals surface area (Å²) < 4.78 is 34.8. The van der Waals surface area contributed by atoms with Crippen molar-refractivity contribution in [1.29, 1.82) is 0 Å². The van der Waals surface area contributed by atoms with Crippen LogP contribution < -0.4 is 25.4 Å². The van der Waals surface area contributed by atoms with Crippen LogP contribution in [0, 0.1) is 12.8 Å². The molecular weight excluding hydrogens is 709 g/mol. The van der Waals surface area contributed by atoms with E-state index in [0.717, 1.165) is 29.3 Å². The summed E-state index contributed by atoms with van der Waals surface area (Å²) >= 11 is 0. The molecule has 2 aliphatic carbocycles. The van der Waals surface area contributed by atoms with Gasteiger partial charge in [0.25, 0.3) is 5.91 Å². The van der Waals surface area contributed by atoms with Crippen molar-refractivity contribution in [2.45, 2.75) is 145 Å². The van der Waals surface area contributed by atoms with Gasteiger partial charge in [-0.2, -0.15) is 0 Å². The van der Waals surface area contributed by atoms with Gasteiger partial charge in [-0.3, -0.25) is 19.1 Å². The highest BCUT2D eigenvalue weighted by Gasteiger charge is 2.59. The molecule has 2 saturated carbocycles. The first kappa shape index (κ1) is 38.1. The maximum absolute atomic E-state index is 14.8. The van der Waals surface area contributed by atoms with E-state index >= 15 is 0 Å². The lowest BCUT2D eigenvalue weighted by Crippen LogP contribution is -2.70. The molecule has 3 aliphatic heterocycles. The van der Waals surface area contributed by atoms with Crippen LogP contribution in [0.4, 0.5) is 4.79 Å². The average molecular weight is 763 g/mol. The second kappa shape index (κ2) is 13.8. The quantitative estimate of drug-likeness (QED) is 0.331. The number of aromatic nitrogens is 1. The first-order valence-corrected chi connectivity index (χ1v) is 21.0. The summed E-state index contributed by atoms with van der Waals surface area (Å²) in [5.74, 6) is -1.49. The molecule has 1 aromatic carbocycles. The molecule has 13 nitrogen and oxygen atoms in total. The molecule has 3 fully saturated rings. The molecule has 5 atom stereocenters. The molecule has 1 aromatic heterocycles. The first-order chi connectivity index (χ1) is 25.4. The van der Waals surface area contributed by atoms with E-state index in [2.05, 4.69) is 20.7 Å². The Kier molecular flexibility index (Phi) is 9.75. The number of hydrogen-bond acceptors (Lipinski definition) is 8. The van der Waals surface area contributed by atoms with Crippen LogP contribution in [0.15, 0.2) is 36.4 Å². The third-order valence-corrected chi connectivity index (χ3v) is 14.3. The predicted octanol–water partition coefficient (Wildman–Crippen LogP) is 4.46. The van der Waals surface area contributed by atoms with Crippen LogP contribution in [0.1, 0.15) is 110 Å². The van der Waals surface area contributed by atoms with Crippen molar-refractivity contribution in [3.63, 3.8) is 0 Å². The first-order valence-electron chi connectivity index (χ1n) is 19.5. The minimum absolute atomic E-state index is 0.0873. The number of carbonyl (C=O) groups is 4. The van der Waals surface area contributed by atoms with Crippen molar-refractivity contribution in [3.8, 4) is 5.75 Å². The Hall–Kier alpha value is -4.20. The summed E-state index contributed by atoms with van der Waals surface area (Å²) in [6.07, 6.45) is 10.4. The second-order valence-electron chi connectivity index (χ2n) is 17.5. The number of amides is 5. The standard InChI is InChI=1S/C40H54N6O7S/c1-25-32-28(27-14-11-12-15-29(27)41-25)18-19-39(53-32)23-31-33(47)43-40(35(49)45-54(51,52)38(5)21-22-38)20-17-26(40)13-9-7-6-8-10-16-30(34(48)46(31)24-39)42-36(50)44-37(2,3)4/h9,11-15,26,30-31H,6-8,10,16-24H2,1-5H3,(H,43,47)(H,45,49)(H2,42,44,50). The molecule has 1 spiro atoms. The third kappa shape index (κ3) is 7.17. The zero-order chi connectivity index (χ0) is 38.7. The largest absolute Gasteiger partial charge is 0.483 e. The maximum atomic E-state index is 14.8. The van der Waals surface area contributed by atoms with E-state index in [0.29, 0.717) is 62.8 Å². The fourth-order valence-electron chi connectivity index (χ4n) is 8.55. The van der Waals surface area contributed by atoms with Crippen molar-refractivity contribution in [2.24, 2.45) is 5.92 Å². The minimum atomic E-state index is -3.99. The van der Waals surface area contributed by atoms with Crippen molar-refractivity contribution < 1.29 is 32.3 Å². The lowest BCUT2D eigenvalue weighted by Gasteiger charge is -2.48. The molecule has 4 heterocycles. The Morgan fingerprint density at radius 3 is 2.50 bits per heavy atom. The Morgan fingerprint density at radius 2 is 1.80 bits per heavy atom. The number of allylic oxidation sites excluding steroid dienone is 1. The number of para-hydroxylation sites is 1. The van der Waals surface area contributed by atoms with E-state index in [-0.39, 0.29) is 19.4 Å². The minimum Gasteiger partial charge on any atom is -0.483 e. The number of ether oxygens (including phenoxy) is 1. The number of fused-ring (bicyclic) bond motifs is 5. The van der Waals surface area contributed by atoms with Crippen LogP contribution in [0.2, 0.25) is 0 Å². The highest BCUT2D eigenvalue weighted by molar-refractivity contribution is 7.91. The van der Waals surface area contributed by atoms with Crippen molar-refractivity contribution >= 4 is 44.7 Å². The summed E-state index contributed by atoms with van der Waals surface area (Å²) in [5, 5.41) is 9.82. The summed E-state index contributed by atoms with van der Waals surface area (Å²) in [4.78, 5) is 63.2. The summed E-state index contributed by atoms with van der Waals surface area (Å²) in [7, 11) is -3.99. The molecule has 54 heavy (non-hydrogen) atoms. The lowest BCUT2D eigenvalue weighted by atomic mass is 9.65. The summed E-state index contributed by atoms with van der Waals surface area (Å²) in [6.45, 7) is 9.17. The highest BCUT2D eigenvalue weighted by Crippen LogP contribution is 2.47. The maximum Gasteiger partial charge on any atom is 0.315 e. The van der Waals surface area contributed by atoms with Gasteiger partial charge in [-0.25, -0.2) is 18.2 Å². The molecule has 0 radical (unpaired) electrons. The topological polar surface area (TPSA) is 176 Å². The molecule has 14 heteroatoms. The van der Waals surface area contributed by atoms with Gasteiger partial charge in [0.15, 0.2) is 0 Å². The fourth-order valence-corrected chi connectivity index (χ4v) is 9.86. The van der Waals surface area contributed by atoms with Gasteiger partial charge in [-0.05, 0) is 98.5 Å². The van der Waals surface area contributed by atoms with E-state index in [1.165, 1.54) is 4.90 Å². The normalized spacial score (nSPS) is 29.6. The monoisotopic (exact) mass is 762 g/mol. The molecule has 4 N–H and O–H groups in total. The van der Waals surface area contributed by atoms with Crippen LogP contribution >= 0.6 is 0 Å². The molecule has 292 valence electrons. The Balaban J connectivity index is 1.25. The van der Waals surface area contributed by atoms with E-state index in [9.17, 15) is 27.6 Å². The van der Waals surface area contributed by atoms with Gasteiger partial charge in [0.1, 0.15) is 29.0 Å². The van der Waals surface area contributed by atoms with E-state index < -0.39 is 73.2 Å². The lowest BCUT2D eigenvalue weighted by molar-refractivity contribution is -0.144. The third-order valence-electron chi connectivity index (χ3n) is 12.1. The number of sulfonamides is 1. The van der Waals surface area contributed by atoms with Crippen molar-refractivity contribution in [3.05, 3.63) is 47.7 Å². The van der Waals surface area contributed by atoms with Crippen molar-refractivity contribution in [1.82, 2.24) is 30.6 Å². The van der Waals surface area contributed by atoms with Crippen LogP contribution in [-0.4, -0.2) is 82.1 Å². The molecule has 7 rings (SSSR count). The SMILES string of the molecule is Cc1nc2ccccc2c2c1OC1(CC2)CC2C(=O)NC3(C(=O)NS(=O)(=O)C4(C)CC4)CCC3C=CCCCCCC(NC(=O)NC(C)(C)C)C(=O)N2C1. The molecule has 0 bridgehead atoms. The number of hydrogen-bond donors (Lipinski definition) is 4. The zero-order valence-electron chi connectivity index (χ0n) is 32.0.